The van der Waals surface area contributed by atoms with Gasteiger partial charge in [0.15, 0.2) is 0 Å². The fourth-order valence-electron chi connectivity index (χ4n) is 2.98. The van der Waals surface area contributed by atoms with Gasteiger partial charge in [-0.15, -0.1) is 0 Å². The topological polar surface area (TPSA) is 21.7 Å². The number of morpholine rings is 1. The maximum Gasteiger partial charge on any atom is 0.0736 e. The first kappa shape index (κ1) is 16.3. The Morgan fingerprint density at radius 3 is 2.76 bits per heavy atom. The molecule has 0 aromatic carbocycles. The Balaban J connectivity index is 2.15. The van der Waals surface area contributed by atoms with Gasteiger partial charge in [-0.05, 0) is 50.7 Å². The summed E-state index contributed by atoms with van der Waals surface area (Å²) < 4.78 is 11.2. The van der Waals surface area contributed by atoms with E-state index < -0.39 is 0 Å². The monoisotopic (exact) mass is 291 g/mol. The van der Waals surface area contributed by atoms with Gasteiger partial charge in [0.2, 0.25) is 0 Å². The van der Waals surface area contributed by atoms with E-state index in [0.717, 1.165) is 32.9 Å². The standard InChI is InChI=1S/C18H29NO2/c1-3-18(16-8-6-5-7-9-16)17(15-20-4-2)14-19-10-12-21-13-11-19/h3,8,14H,4-7,9-13,15H2,1-2H3/b17-14-,18-3+. The molecule has 1 saturated heterocycles. The summed E-state index contributed by atoms with van der Waals surface area (Å²) in [5, 5.41) is 0. The molecule has 0 saturated carbocycles. The van der Waals surface area contributed by atoms with Crippen LogP contribution in [-0.4, -0.2) is 44.4 Å². The molecule has 2 rings (SSSR count). The van der Waals surface area contributed by atoms with Crippen molar-refractivity contribution in [2.24, 2.45) is 0 Å². The van der Waals surface area contributed by atoms with Crippen molar-refractivity contribution in [1.29, 1.82) is 0 Å². The zero-order chi connectivity index (χ0) is 14.9. The quantitative estimate of drug-likeness (QED) is 0.697. The van der Waals surface area contributed by atoms with Crippen LogP contribution in [0, 0.1) is 0 Å². The van der Waals surface area contributed by atoms with Crippen molar-refractivity contribution in [3.63, 3.8) is 0 Å². The van der Waals surface area contributed by atoms with E-state index in [9.17, 15) is 0 Å². The highest BCUT2D eigenvalue weighted by Gasteiger charge is 2.15. The molecule has 118 valence electrons. The fraction of sp³-hybridized carbons (Fsp3) is 0.667. The lowest BCUT2D eigenvalue weighted by molar-refractivity contribution is 0.0584. The molecule has 0 amide bonds. The maximum absolute atomic E-state index is 5.72. The van der Waals surface area contributed by atoms with Gasteiger partial charge in [0.25, 0.3) is 0 Å². The molecule has 0 atom stereocenters. The van der Waals surface area contributed by atoms with E-state index in [4.69, 9.17) is 9.47 Å². The molecule has 1 heterocycles. The van der Waals surface area contributed by atoms with Gasteiger partial charge in [0, 0.05) is 31.5 Å². The van der Waals surface area contributed by atoms with E-state index in [2.05, 4.69) is 37.1 Å². The van der Waals surface area contributed by atoms with Gasteiger partial charge >= 0.3 is 0 Å². The zero-order valence-corrected chi connectivity index (χ0v) is 13.6. The third-order valence-electron chi connectivity index (χ3n) is 4.12. The van der Waals surface area contributed by atoms with Gasteiger partial charge in [-0.2, -0.15) is 0 Å². The average Bonchev–Trinajstić information content (AvgIpc) is 2.55. The minimum Gasteiger partial charge on any atom is -0.378 e. The molecule has 1 aliphatic heterocycles. The summed E-state index contributed by atoms with van der Waals surface area (Å²) in [6.07, 6.45) is 12.0. The molecule has 3 nitrogen and oxygen atoms in total. The fourth-order valence-corrected chi connectivity index (χ4v) is 2.98. The molecule has 3 heteroatoms. The molecular formula is C18H29NO2. The predicted octanol–water partition coefficient (Wildman–Crippen LogP) is 3.69. The van der Waals surface area contributed by atoms with E-state index in [1.807, 2.05) is 0 Å². The van der Waals surface area contributed by atoms with E-state index >= 15 is 0 Å². The van der Waals surface area contributed by atoms with Crippen molar-refractivity contribution in [2.45, 2.75) is 39.5 Å². The Morgan fingerprint density at radius 2 is 2.14 bits per heavy atom. The molecule has 0 N–H and O–H groups in total. The predicted molar refractivity (Wildman–Crippen MR) is 87.3 cm³/mol. The molecule has 21 heavy (non-hydrogen) atoms. The molecule has 0 aromatic heterocycles. The van der Waals surface area contributed by atoms with Gasteiger partial charge in [-0.3, -0.25) is 0 Å². The Bertz CT molecular complexity index is 403. The lowest BCUT2D eigenvalue weighted by Gasteiger charge is -2.28. The van der Waals surface area contributed by atoms with Gasteiger partial charge in [0.1, 0.15) is 0 Å². The highest BCUT2D eigenvalue weighted by molar-refractivity contribution is 5.47. The second-order valence-corrected chi connectivity index (χ2v) is 5.62. The van der Waals surface area contributed by atoms with Crippen molar-refractivity contribution in [3.05, 3.63) is 35.1 Å². The van der Waals surface area contributed by atoms with Crippen molar-refractivity contribution in [3.8, 4) is 0 Å². The second kappa shape index (κ2) is 9.06. The normalized spacial score (nSPS) is 21.4. The highest BCUT2D eigenvalue weighted by Crippen LogP contribution is 2.29. The number of hydrogen-bond donors (Lipinski definition) is 0. The first-order valence-corrected chi connectivity index (χ1v) is 8.31. The summed E-state index contributed by atoms with van der Waals surface area (Å²) in [4.78, 5) is 2.37. The summed E-state index contributed by atoms with van der Waals surface area (Å²) in [5.74, 6) is 0. The van der Waals surface area contributed by atoms with Crippen LogP contribution in [0.3, 0.4) is 0 Å². The van der Waals surface area contributed by atoms with Gasteiger partial charge in [-0.1, -0.05) is 12.2 Å². The first-order chi connectivity index (χ1) is 10.3. The van der Waals surface area contributed by atoms with Crippen LogP contribution >= 0.6 is 0 Å². The van der Waals surface area contributed by atoms with Gasteiger partial charge < -0.3 is 14.4 Å². The summed E-state index contributed by atoms with van der Waals surface area (Å²) in [7, 11) is 0. The molecular weight excluding hydrogens is 262 g/mol. The van der Waals surface area contributed by atoms with Crippen LogP contribution in [-0.2, 0) is 9.47 Å². The molecule has 0 bridgehead atoms. The lowest BCUT2D eigenvalue weighted by atomic mass is 9.89. The largest absolute Gasteiger partial charge is 0.378 e. The molecule has 1 fully saturated rings. The lowest BCUT2D eigenvalue weighted by Crippen LogP contribution is -2.32. The van der Waals surface area contributed by atoms with E-state index in [1.165, 1.54) is 42.4 Å². The van der Waals surface area contributed by atoms with Crippen LogP contribution in [0.2, 0.25) is 0 Å². The maximum atomic E-state index is 5.72. The minimum atomic E-state index is 0.699. The van der Waals surface area contributed by atoms with E-state index in [-0.39, 0.29) is 0 Å². The summed E-state index contributed by atoms with van der Waals surface area (Å²) >= 11 is 0. The van der Waals surface area contributed by atoms with E-state index in [1.54, 1.807) is 0 Å². The van der Waals surface area contributed by atoms with Crippen molar-refractivity contribution in [1.82, 2.24) is 4.90 Å². The molecule has 0 unspecified atom stereocenters. The number of allylic oxidation sites excluding steroid dienone is 3. The number of nitrogens with zero attached hydrogens (tertiary/aromatic N) is 1. The smallest absolute Gasteiger partial charge is 0.0736 e. The van der Waals surface area contributed by atoms with Crippen LogP contribution < -0.4 is 0 Å². The van der Waals surface area contributed by atoms with E-state index in [0.29, 0.717) is 6.61 Å². The Morgan fingerprint density at radius 1 is 1.33 bits per heavy atom. The van der Waals surface area contributed by atoms with Crippen molar-refractivity contribution in [2.75, 3.05) is 39.5 Å². The molecule has 0 radical (unpaired) electrons. The van der Waals surface area contributed by atoms with Crippen LogP contribution in [0.1, 0.15) is 39.5 Å². The summed E-state index contributed by atoms with van der Waals surface area (Å²) in [5.41, 5.74) is 4.20. The Kier molecular flexibility index (Phi) is 7.04. The van der Waals surface area contributed by atoms with Gasteiger partial charge in [-0.25, -0.2) is 0 Å². The molecule has 0 spiro atoms. The highest BCUT2D eigenvalue weighted by atomic mass is 16.5. The molecule has 2 aliphatic rings. The van der Waals surface area contributed by atoms with Crippen LogP contribution in [0.5, 0.6) is 0 Å². The second-order valence-electron chi connectivity index (χ2n) is 5.62. The SMILES string of the molecule is C/C=C(C1=CCCCC1)/C(=C\N1CCOCC1)COCC. The van der Waals surface area contributed by atoms with Crippen molar-refractivity contribution < 1.29 is 9.47 Å². The summed E-state index contributed by atoms with van der Waals surface area (Å²) in [6, 6.07) is 0. The van der Waals surface area contributed by atoms with Crippen LogP contribution in [0.15, 0.2) is 35.1 Å². The summed E-state index contributed by atoms with van der Waals surface area (Å²) in [6.45, 7) is 9.27. The van der Waals surface area contributed by atoms with Crippen molar-refractivity contribution >= 4 is 0 Å². The Hall–Kier alpha value is -1.06. The molecule has 0 aromatic rings. The zero-order valence-electron chi connectivity index (χ0n) is 13.6. The van der Waals surface area contributed by atoms with Crippen LogP contribution in [0.4, 0.5) is 0 Å². The minimum absolute atomic E-state index is 0.699. The Labute approximate surface area is 129 Å². The van der Waals surface area contributed by atoms with Gasteiger partial charge in [0.05, 0.1) is 19.8 Å². The first-order valence-electron chi connectivity index (χ1n) is 8.31. The third-order valence-corrected chi connectivity index (χ3v) is 4.12. The molecule has 1 aliphatic carbocycles. The average molecular weight is 291 g/mol. The third kappa shape index (κ3) is 5.01. The van der Waals surface area contributed by atoms with Crippen LogP contribution in [0.25, 0.3) is 0 Å². The number of hydrogen-bond acceptors (Lipinski definition) is 3. The number of ether oxygens (including phenoxy) is 2. The number of rotatable bonds is 6.